The summed E-state index contributed by atoms with van der Waals surface area (Å²) in [5, 5.41) is 7.38. The Morgan fingerprint density at radius 1 is 1.14 bits per heavy atom. The van der Waals surface area contributed by atoms with Crippen molar-refractivity contribution in [2.75, 3.05) is 0 Å². The van der Waals surface area contributed by atoms with Gasteiger partial charge in [0, 0.05) is 23.1 Å². The molecule has 3 atom stereocenters. The summed E-state index contributed by atoms with van der Waals surface area (Å²) in [7, 11) is 0. The normalized spacial score (nSPS) is 28.6. The molecule has 3 aliphatic carbocycles. The molecule has 5 aliphatic rings. The lowest BCUT2D eigenvalue weighted by Gasteiger charge is -2.41. The van der Waals surface area contributed by atoms with Crippen molar-refractivity contribution in [3.8, 4) is 11.3 Å². The molecule has 0 radical (unpaired) electrons. The summed E-state index contributed by atoms with van der Waals surface area (Å²) in [4.78, 5) is 12.2. The Morgan fingerprint density at radius 3 is 2.69 bits per heavy atom. The van der Waals surface area contributed by atoms with E-state index in [1.807, 2.05) is 6.07 Å². The highest BCUT2D eigenvalue weighted by atomic mass is 19.1. The number of halogens is 1. The monoisotopic (exact) mass is 396 g/mol. The van der Waals surface area contributed by atoms with E-state index in [0.29, 0.717) is 29.7 Å². The standard InChI is InChI=1S/C23H25FN2O3/c24-18-3-1-2-15(12-4-5-12)20(18)21-17(22(29-26-21)13-6-7-13)11-28-19-10-14-8-9-16(19)23(27)25-14/h1-3,12-14,16,19H,4-11H2,(H,25,27)/t14-,16+,19+/m0/s1. The smallest absolute Gasteiger partial charge is 0.225 e. The van der Waals surface area contributed by atoms with Crippen molar-refractivity contribution in [3.63, 3.8) is 0 Å². The second kappa shape index (κ2) is 6.66. The summed E-state index contributed by atoms with van der Waals surface area (Å²) in [5.74, 6) is 1.39. The van der Waals surface area contributed by atoms with Crippen LogP contribution < -0.4 is 5.32 Å². The molecule has 1 amide bonds. The number of benzene rings is 1. The molecule has 5 fully saturated rings. The van der Waals surface area contributed by atoms with Gasteiger partial charge in [-0.3, -0.25) is 4.79 Å². The zero-order valence-corrected chi connectivity index (χ0v) is 16.3. The summed E-state index contributed by atoms with van der Waals surface area (Å²) in [6, 6.07) is 5.51. The van der Waals surface area contributed by atoms with Crippen LogP contribution in [0.3, 0.4) is 0 Å². The number of amides is 1. The number of nitrogens with one attached hydrogen (secondary N) is 1. The fraction of sp³-hybridized carbons (Fsp3) is 0.565. The second-order valence-electron chi connectivity index (χ2n) is 9.10. The van der Waals surface area contributed by atoms with Crippen molar-refractivity contribution in [1.82, 2.24) is 10.5 Å². The first kappa shape index (κ1) is 17.6. The number of hydrogen-bond acceptors (Lipinski definition) is 4. The third kappa shape index (κ3) is 3.08. The first-order valence-corrected chi connectivity index (χ1v) is 10.9. The lowest BCUT2D eigenvalue weighted by atomic mass is 9.78. The van der Waals surface area contributed by atoms with Crippen LogP contribution in [0.1, 0.15) is 73.7 Å². The van der Waals surface area contributed by atoms with Crippen LogP contribution in [0, 0.1) is 11.7 Å². The molecule has 1 aromatic carbocycles. The van der Waals surface area contributed by atoms with Gasteiger partial charge in [-0.2, -0.15) is 0 Å². The molecule has 7 rings (SSSR count). The van der Waals surface area contributed by atoms with E-state index < -0.39 is 0 Å². The second-order valence-corrected chi connectivity index (χ2v) is 9.10. The maximum Gasteiger partial charge on any atom is 0.225 e. The highest BCUT2D eigenvalue weighted by molar-refractivity contribution is 5.81. The Balaban J connectivity index is 1.33. The number of carbonyl (C=O) groups is 1. The van der Waals surface area contributed by atoms with Gasteiger partial charge < -0.3 is 14.6 Å². The Hall–Kier alpha value is -2.21. The van der Waals surface area contributed by atoms with E-state index in [1.54, 1.807) is 6.07 Å². The molecule has 6 heteroatoms. The van der Waals surface area contributed by atoms with Gasteiger partial charge in [-0.15, -0.1) is 0 Å². The third-order valence-electron chi connectivity index (χ3n) is 6.98. The van der Waals surface area contributed by atoms with E-state index in [4.69, 9.17) is 9.26 Å². The average Bonchev–Trinajstić information content (AvgIpc) is 3.64. The van der Waals surface area contributed by atoms with Crippen LogP contribution in [-0.2, 0) is 16.1 Å². The summed E-state index contributed by atoms with van der Waals surface area (Å²) < 4.78 is 26.9. The van der Waals surface area contributed by atoms with Gasteiger partial charge in [-0.1, -0.05) is 17.3 Å². The predicted molar refractivity (Wildman–Crippen MR) is 104 cm³/mol. The first-order chi connectivity index (χ1) is 14.2. The molecular formula is C23H25FN2O3. The Morgan fingerprint density at radius 2 is 1.97 bits per heavy atom. The Kier molecular flexibility index (Phi) is 4.05. The fourth-order valence-corrected chi connectivity index (χ4v) is 5.09. The number of nitrogens with zero attached hydrogens (tertiary/aromatic N) is 1. The lowest BCUT2D eigenvalue weighted by molar-refractivity contribution is -0.142. The summed E-state index contributed by atoms with van der Waals surface area (Å²) in [6.07, 6.45) is 7.01. The van der Waals surface area contributed by atoms with Crippen LogP contribution in [0.5, 0.6) is 0 Å². The number of hydrogen-bond donors (Lipinski definition) is 1. The summed E-state index contributed by atoms with van der Waals surface area (Å²) >= 11 is 0. The zero-order chi connectivity index (χ0) is 19.5. The fourth-order valence-electron chi connectivity index (χ4n) is 5.09. The van der Waals surface area contributed by atoms with E-state index in [1.165, 1.54) is 6.07 Å². The third-order valence-corrected chi connectivity index (χ3v) is 6.98. The Bertz CT molecular complexity index is 963. The molecule has 152 valence electrons. The van der Waals surface area contributed by atoms with Crippen LogP contribution in [-0.4, -0.2) is 23.2 Å². The Labute approximate surface area is 169 Å². The predicted octanol–water partition coefficient (Wildman–Crippen LogP) is 4.42. The number of ether oxygens (including phenoxy) is 1. The van der Waals surface area contributed by atoms with E-state index in [9.17, 15) is 9.18 Å². The molecule has 0 spiro atoms. The highest BCUT2D eigenvalue weighted by Gasteiger charge is 2.42. The van der Waals surface area contributed by atoms with Crippen LogP contribution in [0.4, 0.5) is 4.39 Å². The number of aromatic nitrogens is 1. The van der Waals surface area contributed by atoms with E-state index in [2.05, 4.69) is 10.5 Å². The van der Waals surface area contributed by atoms with Gasteiger partial charge in [0.25, 0.3) is 0 Å². The van der Waals surface area contributed by atoms with Gasteiger partial charge in [0.15, 0.2) is 0 Å². The topological polar surface area (TPSA) is 64.4 Å². The van der Waals surface area contributed by atoms with Gasteiger partial charge in [-0.25, -0.2) is 4.39 Å². The first-order valence-electron chi connectivity index (χ1n) is 10.9. The van der Waals surface area contributed by atoms with Crippen molar-refractivity contribution in [2.45, 2.75) is 75.5 Å². The molecule has 3 heterocycles. The van der Waals surface area contributed by atoms with Crippen molar-refractivity contribution in [3.05, 3.63) is 40.9 Å². The van der Waals surface area contributed by atoms with E-state index >= 15 is 0 Å². The van der Waals surface area contributed by atoms with Crippen molar-refractivity contribution >= 4 is 5.91 Å². The SMILES string of the molecule is O=C1N[C@H]2CC[C@@H]1[C@H](OCc1c(-c3c(F)cccc3C3CC3)noc1C1CC1)C2. The molecule has 29 heavy (non-hydrogen) atoms. The maximum absolute atomic E-state index is 14.9. The maximum atomic E-state index is 14.9. The largest absolute Gasteiger partial charge is 0.372 e. The van der Waals surface area contributed by atoms with Crippen LogP contribution in [0.2, 0.25) is 0 Å². The molecule has 2 aliphatic heterocycles. The number of carbonyl (C=O) groups excluding carboxylic acids is 1. The van der Waals surface area contributed by atoms with Gasteiger partial charge >= 0.3 is 0 Å². The van der Waals surface area contributed by atoms with E-state index in [-0.39, 0.29) is 29.8 Å². The molecule has 2 bridgehead atoms. The average molecular weight is 396 g/mol. The van der Waals surface area contributed by atoms with E-state index in [0.717, 1.165) is 61.8 Å². The number of rotatable bonds is 6. The summed E-state index contributed by atoms with van der Waals surface area (Å²) in [5.41, 5.74) is 3.07. The molecule has 1 N–H and O–H groups in total. The van der Waals surface area contributed by atoms with Gasteiger partial charge in [0.05, 0.1) is 18.6 Å². The molecule has 1 aromatic heterocycles. The minimum atomic E-state index is -0.248. The zero-order valence-electron chi connectivity index (χ0n) is 16.3. The molecular weight excluding hydrogens is 371 g/mol. The lowest BCUT2D eigenvalue weighted by Crippen LogP contribution is -2.56. The molecule has 0 unspecified atom stereocenters. The number of fused-ring (bicyclic) bond motifs is 3. The summed E-state index contributed by atoms with van der Waals surface area (Å²) in [6.45, 7) is 0.324. The van der Waals surface area contributed by atoms with Crippen LogP contribution in [0.15, 0.2) is 22.7 Å². The van der Waals surface area contributed by atoms with Crippen molar-refractivity contribution in [2.24, 2.45) is 5.92 Å². The van der Waals surface area contributed by atoms with Gasteiger partial charge in [0.2, 0.25) is 5.91 Å². The minimum Gasteiger partial charge on any atom is -0.372 e. The van der Waals surface area contributed by atoms with Gasteiger partial charge in [-0.05, 0) is 62.5 Å². The van der Waals surface area contributed by atoms with Crippen molar-refractivity contribution in [1.29, 1.82) is 0 Å². The highest BCUT2D eigenvalue weighted by Crippen LogP contribution is 2.48. The quantitative estimate of drug-likeness (QED) is 0.785. The molecule has 3 saturated carbocycles. The number of piperidine rings is 2. The minimum absolute atomic E-state index is 0.0804. The molecule has 2 aromatic rings. The van der Waals surface area contributed by atoms with Crippen molar-refractivity contribution < 1.29 is 18.4 Å². The van der Waals surface area contributed by atoms with Crippen LogP contribution in [0.25, 0.3) is 11.3 Å². The molecule has 5 nitrogen and oxygen atoms in total. The molecule has 2 saturated heterocycles. The van der Waals surface area contributed by atoms with Gasteiger partial charge in [0.1, 0.15) is 17.3 Å². The van der Waals surface area contributed by atoms with Crippen LogP contribution >= 0.6 is 0 Å².